The molecule has 0 saturated carbocycles. The van der Waals surface area contributed by atoms with Crippen molar-refractivity contribution >= 4 is 44.8 Å². The van der Waals surface area contributed by atoms with Crippen molar-refractivity contribution in [1.82, 2.24) is 4.72 Å². The first kappa shape index (κ1) is 24.3. The van der Waals surface area contributed by atoms with E-state index < -0.39 is 22.0 Å². The number of sulfonamides is 1. The van der Waals surface area contributed by atoms with Gasteiger partial charge in [-0.25, -0.2) is 8.42 Å². The van der Waals surface area contributed by atoms with Gasteiger partial charge in [-0.15, -0.1) is 0 Å². The van der Waals surface area contributed by atoms with Crippen molar-refractivity contribution < 1.29 is 13.2 Å². The quantitative estimate of drug-likeness (QED) is 0.462. The summed E-state index contributed by atoms with van der Waals surface area (Å²) < 4.78 is 29.2. The van der Waals surface area contributed by atoms with Gasteiger partial charge in [0.05, 0.1) is 20.6 Å². The normalized spacial score (nSPS) is 12.4. The Kier molecular flexibility index (Phi) is 7.62. The number of anilines is 1. The number of aryl methyl sites for hydroxylation is 3. The Morgan fingerprint density at radius 2 is 1.56 bits per heavy atom. The fourth-order valence-electron chi connectivity index (χ4n) is 3.69. The van der Waals surface area contributed by atoms with Crippen molar-refractivity contribution in [2.24, 2.45) is 0 Å². The monoisotopic (exact) mass is 490 g/mol. The molecule has 0 fully saturated rings. The number of nitrogens with one attached hydrogen (secondary N) is 2. The van der Waals surface area contributed by atoms with E-state index in [2.05, 4.69) is 10.0 Å². The van der Waals surface area contributed by atoms with Crippen molar-refractivity contribution in [1.29, 1.82) is 0 Å². The van der Waals surface area contributed by atoms with E-state index >= 15 is 0 Å². The van der Waals surface area contributed by atoms with E-state index in [4.69, 9.17) is 23.2 Å². The SMILES string of the molecule is Cc1cc(C)c(S(=O)(=O)N[C@H](Cc2ccccc2)C(=O)Nc2cccc(Cl)c2Cl)c(C)c1. The predicted octanol–water partition coefficient (Wildman–Crippen LogP) is 5.45. The van der Waals surface area contributed by atoms with Gasteiger partial charge in [0, 0.05) is 0 Å². The summed E-state index contributed by atoms with van der Waals surface area (Å²) in [6, 6.07) is 16.6. The minimum atomic E-state index is -3.98. The van der Waals surface area contributed by atoms with E-state index in [0.29, 0.717) is 16.8 Å². The standard InChI is InChI=1S/C24H24Cl2N2O3S/c1-15-12-16(2)23(17(3)13-15)32(30,31)28-21(14-18-8-5-4-6-9-18)24(29)27-20-11-7-10-19(25)22(20)26/h4-13,21,28H,14H2,1-3H3,(H,27,29)/t21-/m1/s1. The van der Waals surface area contributed by atoms with E-state index in [9.17, 15) is 13.2 Å². The van der Waals surface area contributed by atoms with Crippen LogP contribution in [0.1, 0.15) is 22.3 Å². The Balaban J connectivity index is 1.96. The zero-order chi connectivity index (χ0) is 23.5. The molecule has 0 aromatic heterocycles. The van der Waals surface area contributed by atoms with Gasteiger partial charge in [-0.2, -0.15) is 4.72 Å². The van der Waals surface area contributed by atoms with Crippen LogP contribution in [0.2, 0.25) is 10.0 Å². The molecule has 0 radical (unpaired) electrons. The molecule has 168 valence electrons. The van der Waals surface area contributed by atoms with Crippen LogP contribution in [0, 0.1) is 20.8 Å². The maximum absolute atomic E-state index is 13.3. The summed E-state index contributed by atoms with van der Waals surface area (Å²) in [4.78, 5) is 13.3. The molecule has 3 rings (SSSR count). The minimum absolute atomic E-state index is 0.161. The molecule has 0 aliphatic rings. The lowest BCUT2D eigenvalue weighted by Crippen LogP contribution is -2.45. The van der Waals surface area contributed by atoms with Crippen LogP contribution >= 0.6 is 23.2 Å². The molecule has 1 atom stereocenters. The van der Waals surface area contributed by atoms with Crippen LogP contribution in [-0.2, 0) is 21.2 Å². The smallest absolute Gasteiger partial charge is 0.242 e. The maximum atomic E-state index is 13.3. The zero-order valence-corrected chi connectivity index (χ0v) is 20.3. The first-order valence-corrected chi connectivity index (χ1v) is 12.2. The Hall–Kier alpha value is -2.38. The van der Waals surface area contributed by atoms with Gasteiger partial charge in [-0.05, 0) is 56.0 Å². The van der Waals surface area contributed by atoms with Gasteiger partial charge in [0.15, 0.2) is 0 Å². The number of amides is 1. The van der Waals surface area contributed by atoms with Crippen molar-refractivity contribution in [3.05, 3.63) is 93.0 Å². The highest BCUT2D eigenvalue weighted by Crippen LogP contribution is 2.30. The summed E-state index contributed by atoms with van der Waals surface area (Å²) in [7, 11) is -3.98. The Bertz CT molecular complexity index is 1220. The zero-order valence-electron chi connectivity index (χ0n) is 17.9. The van der Waals surface area contributed by atoms with Crippen LogP contribution in [0.5, 0.6) is 0 Å². The fourth-order valence-corrected chi connectivity index (χ4v) is 5.69. The lowest BCUT2D eigenvalue weighted by Gasteiger charge is -2.21. The van der Waals surface area contributed by atoms with Gasteiger partial charge >= 0.3 is 0 Å². The average molecular weight is 491 g/mol. The molecule has 3 aromatic carbocycles. The number of rotatable bonds is 7. The van der Waals surface area contributed by atoms with E-state index in [-0.39, 0.29) is 21.4 Å². The summed E-state index contributed by atoms with van der Waals surface area (Å²) in [6.07, 6.45) is 0.161. The first-order chi connectivity index (χ1) is 15.1. The second-order valence-electron chi connectivity index (χ2n) is 7.68. The van der Waals surface area contributed by atoms with Crippen LogP contribution in [0.3, 0.4) is 0 Å². The molecule has 3 aromatic rings. The Labute approximate surface area is 198 Å². The second-order valence-corrected chi connectivity index (χ2v) is 10.1. The summed E-state index contributed by atoms with van der Waals surface area (Å²) >= 11 is 12.2. The van der Waals surface area contributed by atoms with Gasteiger partial charge in [-0.3, -0.25) is 4.79 Å². The van der Waals surface area contributed by atoms with Crippen LogP contribution in [0.25, 0.3) is 0 Å². The molecule has 2 N–H and O–H groups in total. The van der Waals surface area contributed by atoms with E-state index in [1.807, 2.05) is 37.3 Å². The predicted molar refractivity (Wildman–Crippen MR) is 130 cm³/mol. The molecule has 0 aliphatic carbocycles. The average Bonchev–Trinajstić information content (AvgIpc) is 2.70. The number of carbonyl (C=O) groups is 1. The number of carbonyl (C=O) groups excluding carboxylic acids is 1. The molecule has 8 heteroatoms. The fraction of sp³-hybridized carbons (Fsp3) is 0.208. The largest absolute Gasteiger partial charge is 0.323 e. The lowest BCUT2D eigenvalue weighted by molar-refractivity contribution is -0.117. The van der Waals surface area contributed by atoms with Crippen LogP contribution in [0.4, 0.5) is 5.69 Å². The molecule has 0 heterocycles. The highest BCUT2D eigenvalue weighted by atomic mass is 35.5. The summed E-state index contributed by atoms with van der Waals surface area (Å²) in [5.41, 5.74) is 3.32. The van der Waals surface area contributed by atoms with Crippen molar-refractivity contribution in [2.45, 2.75) is 38.1 Å². The third-order valence-electron chi connectivity index (χ3n) is 4.98. The molecule has 0 spiro atoms. The molecule has 1 amide bonds. The third kappa shape index (κ3) is 5.70. The van der Waals surface area contributed by atoms with Crippen molar-refractivity contribution in [3.8, 4) is 0 Å². The molecule has 0 saturated heterocycles. The Morgan fingerprint density at radius 3 is 2.19 bits per heavy atom. The first-order valence-electron chi connectivity index (χ1n) is 9.97. The highest BCUT2D eigenvalue weighted by molar-refractivity contribution is 7.89. The van der Waals surface area contributed by atoms with Crippen LogP contribution in [0.15, 0.2) is 65.6 Å². The molecule has 0 aliphatic heterocycles. The number of benzene rings is 3. The topological polar surface area (TPSA) is 75.3 Å². The Morgan fingerprint density at radius 1 is 0.938 bits per heavy atom. The molecule has 0 bridgehead atoms. The highest BCUT2D eigenvalue weighted by Gasteiger charge is 2.29. The van der Waals surface area contributed by atoms with Gasteiger partial charge in [0.1, 0.15) is 6.04 Å². The molecular formula is C24H24Cl2N2O3S. The minimum Gasteiger partial charge on any atom is -0.323 e. The molecule has 5 nitrogen and oxygen atoms in total. The van der Waals surface area contributed by atoms with Crippen molar-refractivity contribution in [3.63, 3.8) is 0 Å². The molecule has 32 heavy (non-hydrogen) atoms. The van der Waals surface area contributed by atoms with E-state index in [0.717, 1.165) is 11.1 Å². The number of halogens is 2. The number of hydrogen-bond donors (Lipinski definition) is 2. The summed E-state index contributed by atoms with van der Waals surface area (Å²) in [5, 5.41) is 3.18. The number of hydrogen-bond acceptors (Lipinski definition) is 3. The summed E-state index contributed by atoms with van der Waals surface area (Å²) in [5.74, 6) is -0.538. The van der Waals surface area contributed by atoms with Crippen molar-refractivity contribution in [2.75, 3.05) is 5.32 Å². The van der Waals surface area contributed by atoms with E-state index in [1.54, 1.807) is 44.2 Å². The second kappa shape index (κ2) is 10.0. The van der Waals surface area contributed by atoms with E-state index in [1.165, 1.54) is 0 Å². The van der Waals surface area contributed by atoms with Crippen LogP contribution < -0.4 is 10.0 Å². The van der Waals surface area contributed by atoms with Gasteiger partial charge in [-0.1, -0.05) is 77.3 Å². The lowest BCUT2D eigenvalue weighted by atomic mass is 10.1. The third-order valence-corrected chi connectivity index (χ3v) is 7.57. The van der Waals surface area contributed by atoms with Gasteiger partial charge < -0.3 is 5.32 Å². The summed E-state index contributed by atoms with van der Waals surface area (Å²) in [6.45, 7) is 5.39. The van der Waals surface area contributed by atoms with Crippen LogP contribution in [-0.4, -0.2) is 20.4 Å². The molecule has 0 unspecified atom stereocenters. The maximum Gasteiger partial charge on any atom is 0.242 e. The molecular weight excluding hydrogens is 467 g/mol. The van der Waals surface area contributed by atoms with Gasteiger partial charge in [0.25, 0.3) is 0 Å². The van der Waals surface area contributed by atoms with Gasteiger partial charge in [0.2, 0.25) is 15.9 Å².